The molecular weight excluding hydrogens is 160 g/mol. The van der Waals surface area contributed by atoms with Gasteiger partial charge in [0.2, 0.25) is 0 Å². The van der Waals surface area contributed by atoms with Crippen LogP contribution in [0.4, 0.5) is 0 Å². The van der Waals surface area contributed by atoms with E-state index in [-0.39, 0.29) is 4.75 Å². The zero-order valence-electron chi connectivity index (χ0n) is 7.76. The summed E-state index contributed by atoms with van der Waals surface area (Å²) < 4.78 is -0.680. The third-order valence-corrected chi connectivity index (χ3v) is 2.37. The predicted molar refractivity (Wildman–Crippen MR) is 49.1 cm³/mol. The summed E-state index contributed by atoms with van der Waals surface area (Å²) in [5.74, 6) is -0.752. The molecule has 0 heterocycles. The van der Waals surface area contributed by atoms with Crippen molar-refractivity contribution in [2.75, 3.05) is 0 Å². The number of hydrogen-bond donors (Lipinski definition) is 1. The van der Waals surface area contributed by atoms with Gasteiger partial charge < -0.3 is 5.11 Å². The van der Waals surface area contributed by atoms with Crippen LogP contribution in [0, 0.1) is 0 Å². The maximum Gasteiger partial charge on any atom is 0.319 e. The van der Waals surface area contributed by atoms with Gasteiger partial charge in [-0.25, -0.2) is 0 Å². The Labute approximate surface area is 72.4 Å². The molecule has 11 heavy (non-hydrogen) atoms. The second-order valence-corrected chi connectivity index (χ2v) is 6.48. The normalized spacial score (nSPS) is 13.2. The molecule has 1 N–H and O–H groups in total. The summed E-state index contributed by atoms with van der Waals surface area (Å²) in [6.07, 6.45) is 0. The van der Waals surface area contributed by atoms with E-state index in [1.165, 1.54) is 11.8 Å². The summed E-state index contributed by atoms with van der Waals surface area (Å²) in [7, 11) is 0. The van der Waals surface area contributed by atoms with Gasteiger partial charge >= 0.3 is 5.97 Å². The molecule has 0 fully saturated rings. The second-order valence-electron chi connectivity index (χ2n) is 4.03. The minimum atomic E-state index is -0.752. The average molecular weight is 176 g/mol. The highest BCUT2D eigenvalue weighted by Gasteiger charge is 2.32. The van der Waals surface area contributed by atoms with Crippen molar-refractivity contribution in [3.05, 3.63) is 0 Å². The van der Waals surface area contributed by atoms with E-state index in [1.54, 1.807) is 13.8 Å². The molecule has 66 valence electrons. The third kappa shape index (κ3) is 4.30. The first-order chi connectivity index (χ1) is 4.65. The maximum atomic E-state index is 10.7. The molecule has 3 heteroatoms. The van der Waals surface area contributed by atoms with Crippen LogP contribution in [0.5, 0.6) is 0 Å². The van der Waals surface area contributed by atoms with Crippen LogP contribution in [0.15, 0.2) is 0 Å². The Kier molecular flexibility index (Phi) is 3.00. The lowest BCUT2D eigenvalue weighted by Crippen LogP contribution is -2.32. The number of carboxylic acids is 1. The fraction of sp³-hybridized carbons (Fsp3) is 0.875. The van der Waals surface area contributed by atoms with E-state index in [2.05, 4.69) is 0 Å². The van der Waals surface area contributed by atoms with Gasteiger partial charge in [-0.2, -0.15) is 0 Å². The minimum Gasteiger partial charge on any atom is -0.480 e. The Morgan fingerprint density at radius 3 is 1.64 bits per heavy atom. The van der Waals surface area contributed by atoms with Crippen molar-refractivity contribution >= 4 is 17.7 Å². The largest absolute Gasteiger partial charge is 0.480 e. The molecule has 0 saturated heterocycles. The van der Waals surface area contributed by atoms with E-state index in [0.717, 1.165) is 0 Å². The molecule has 0 aliphatic heterocycles. The predicted octanol–water partition coefficient (Wildman–Crippen LogP) is 2.38. The van der Waals surface area contributed by atoms with Gasteiger partial charge in [-0.15, -0.1) is 11.8 Å². The number of thioether (sulfide) groups is 1. The Bertz CT molecular complexity index is 156. The Morgan fingerprint density at radius 2 is 1.55 bits per heavy atom. The number of hydrogen-bond acceptors (Lipinski definition) is 2. The highest BCUT2D eigenvalue weighted by Crippen LogP contribution is 2.35. The summed E-state index contributed by atoms with van der Waals surface area (Å²) in [5.41, 5.74) is 0. The highest BCUT2D eigenvalue weighted by molar-refractivity contribution is 8.02. The fourth-order valence-electron chi connectivity index (χ4n) is 0.809. The molecule has 0 aliphatic carbocycles. The zero-order chi connectivity index (χ0) is 9.28. The molecular formula is C8H16O2S. The molecule has 0 aromatic heterocycles. The van der Waals surface area contributed by atoms with E-state index in [0.29, 0.717) is 0 Å². The first-order valence-electron chi connectivity index (χ1n) is 3.59. The van der Waals surface area contributed by atoms with E-state index < -0.39 is 10.7 Å². The smallest absolute Gasteiger partial charge is 0.319 e. The standard InChI is InChI=1S/C8H16O2S/c1-7(2,3)11-8(4,5)6(9)10/h1-5H3,(H,9,10). The second kappa shape index (κ2) is 3.05. The van der Waals surface area contributed by atoms with Gasteiger partial charge in [0.15, 0.2) is 0 Å². The number of carbonyl (C=O) groups is 1. The molecule has 0 aromatic carbocycles. The van der Waals surface area contributed by atoms with Crippen LogP contribution in [0.3, 0.4) is 0 Å². The summed E-state index contributed by atoms with van der Waals surface area (Å²) in [6.45, 7) is 9.50. The summed E-state index contributed by atoms with van der Waals surface area (Å²) in [6, 6.07) is 0. The number of aliphatic carboxylic acids is 1. The number of carboxylic acid groups (broad SMARTS) is 1. The van der Waals surface area contributed by atoms with Crippen LogP contribution in [-0.2, 0) is 4.79 Å². The van der Waals surface area contributed by atoms with Gasteiger partial charge in [-0.3, -0.25) is 4.79 Å². The summed E-state index contributed by atoms with van der Waals surface area (Å²) in [5, 5.41) is 8.78. The zero-order valence-corrected chi connectivity index (χ0v) is 8.58. The van der Waals surface area contributed by atoms with Crippen molar-refractivity contribution < 1.29 is 9.90 Å². The first kappa shape index (κ1) is 10.8. The Hall–Kier alpha value is -0.180. The molecule has 0 aromatic rings. The molecule has 0 unspecified atom stereocenters. The van der Waals surface area contributed by atoms with E-state index in [1.807, 2.05) is 20.8 Å². The highest BCUT2D eigenvalue weighted by atomic mass is 32.2. The third-order valence-electron chi connectivity index (χ3n) is 1.08. The number of rotatable bonds is 2. The molecule has 0 rings (SSSR count). The van der Waals surface area contributed by atoms with Crippen LogP contribution in [0.2, 0.25) is 0 Å². The van der Waals surface area contributed by atoms with Gasteiger partial charge in [-0.1, -0.05) is 20.8 Å². The van der Waals surface area contributed by atoms with Crippen LogP contribution >= 0.6 is 11.8 Å². The lowest BCUT2D eigenvalue weighted by molar-refractivity contribution is -0.138. The molecule has 0 saturated carbocycles. The molecule has 0 aliphatic rings. The quantitative estimate of drug-likeness (QED) is 0.702. The van der Waals surface area contributed by atoms with E-state index in [4.69, 9.17) is 5.11 Å². The van der Waals surface area contributed by atoms with Gasteiger partial charge in [0.1, 0.15) is 4.75 Å². The van der Waals surface area contributed by atoms with Crippen molar-refractivity contribution in [1.29, 1.82) is 0 Å². The summed E-state index contributed by atoms with van der Waals surface area (Å²) in [4.78, 5) is 10.7. The van der Waals surface area contributed by atoms with Gasteiger partial charge in [0.25, 0.3) is 0 Å². The van der Waals surface area contributed by atoms with Crippen molar-refractivity contribution in [3.63, 3.8) is 0 Å². The van der Waals surface area contributed by atoms with Crippen molar-refractivity contribution in [2.24, 2.45) is 0 Å². The Morgan fingerprint density at radius 1 is 1.18 bits per heavy atom. The maximum absolute atomic E-state index is 10.7. The Balaban J connectivity index is 4.25. The molecule has 2 nitrogen and oxygen atoms in total. The molecule has 0 spiro atoms. The van der Waals surface area contributed by atoms with Crippen LogP contribution in [0.25, 0.3) is 0 Å². The van der Waals surface area contributed by atoms with Crippen molar-refractivity contribution in [1.82, 2.24) is 0 Å². The lowest BCUT2D eigenvalue weighted by Gasteiger charge is -2.28. The first-order valence-corrected chi connectivity index (χ1v) is 4.40. The van der Waals surface area contributed by atoms with E-state index >= 15 is 0 Å². The summed E-state index contributed by atoms with van der Waals surface area (Å²) >= 11 is 1.47. The average Bonchev–Trinajstić information content (AvgIpc) is 1.56. The van der Waals surface area contributed by atoms with Gasteiger partial charge in [0.05, 0.1) is 0 Å². The SMILES string of the molecule is CC(C)(C)SC(C)(C)C(=O)O. The van der Waals surface area contributed by atoms with Crippen LogP contribution < -0.4 is 0 Å². The molecule has 0 amide bonds. The molecule has 0 atom stereocenters. The van der Waals surface area contributed by atoms with Crippen molar-refractivity contribution in [3.8, 4) is 0 Å². The molecule has 0 bridgehead atoms. The van der Waals surface area contributed by atoms with Crippen molar-refractivity contribution in [2.45, 2.75) is 44.1 Å². The minimum absolute atomic E-state index is 0.00188. The lowest BCUT2D eigenvalue weighted by atomic mass is 10.2. The van der Waals surface area contributed by atoms with Gasteiger partial charge in [-0.05, 0) is 13.8 Å². The molecule has 0 radical (unpaired) electrons. The topological polar surface area (TPSA) is 37.3 Å². The fourth-order valence-corrected chi connectivity index (χ4v) is 2.43. The van der Waals surface area contributed by atoms with Crippen LogP contribution in [-0.4, -0.2) is 20.6 Å². The van der Waals surface area contributed by atoms with Gasteiger partial charge in [0, 0.05) is 4.75 Å². The monoisotopic (exact) mass is 176 g/mol. The van der Waals surface area contributed by atoms with E-state index in [9.17, 15) is 4.79 Å². The van der Waals surface area contributed by atoms with Crippen LogP contribution in [0.1, 0.15) is 34.6 Å².